The summed E-state index contributed by atoms with van der Waals surface area (Å²) in [6.07, 6.45) is 1.06. The summed E-state index contributed by atoms with van der Waals surface area (Å²) in [5.41, 5.74) is 0. The number of rotatable bonds is 0. The molecule has 4 nitrogen and oxygen atoms in total. The van der Waals surface area contributed by atoms with Gasteiger partial charge in [-0.2, -0.15) is 0 Å². The highest BCUT2D eigenvalue weighted by Gasteiger charge is 2.31. The number of imide groups is 1. The summed E-state index contributed by atoms with van der Waals surface area (Å²) in [6.45, 7) is 2.89. The van der Waals surface area contributed by atoms with Gasteiger partial charge in [-0.05, 0) is 6.92 Å². The molecule has 0 spiro atoms. The Morgan fingerprint density at radius 3 is 2.45 bits per heavy atom. The van der Waals surface area contributed by atoms with Crippen molar-refractivity contribution in [3.05, 3.63) is 11.8 Å². The molecule has 1 atom stereocenters. The average Bonchev–Trinajstić information content (AvgIpc) is 2.07. The molecule has 11 heavy (non-hydrogen) atoms. The largest absolute Gasteiger partial charge is 0.510 e. The molecular formula is C7H9NO3. The molecule has 0 saturated heterocycles. The van der Waals surface area contributed by atoms with Crippen molar-refractivity contribution < 1.29 is 14.7 Å². The third kappa shape index (κ3) is 1.11. The molecule has 1 heterocycles. The Hall–Kier alpha value is -1.32. The predicted octanol–water partition coefficient (Wildman–Crippen LogP) is 0.206. The van der Waals surface area contributed by atoms with Gasteiger partial charge >= 0.3 is 0 Å². The molecule has 60 valence electrons. The van der Waals surface area contributed by atoms with E-state index in [1.165, 1.54) is 6.92 Å². The first kappa shape index (κ1) is 7.78. The summed E-state index contributed by atoms with van der Waals surface area (Å²) in [4.78, 5) is 22.7. The molecule has 0 aromatic rings. The van der Waals surface area contributed by atoms with Crippen molar-refractivity contribution in [3.63, 3.8) is 0 Å². The third-order valence-corrected chi connectivity index (χ3v) is 1.66. The molecule has 0 saturated carbocycles. The van der Waals surface area contributed by atoms with Gasteiger partial charge in [0.25, 0.3) is 5.91 Å². The fourth-order valence-corrected chi connectivity index (χ4v) is 1.07. The van der Waals surface area contributed by atoms with Crippen molar-refractivity contribution in [1.82, 2.24) is 4.90 Å². The lowest BCUT2D eigenvalue weighted by atomic mass is 10.3. The second-order valence-electron chi connectivity index (χ2n) is 2.47. The Balaban J connectivity index is 2.89. The average molecular weight is 155 g/mol. The monoisotopic (exact) mass is 155 g/mol. The van der Waals surface area contributed by atoms with E-state index in [9.17, 15) is 9.59 Å². The molecule has 0 aliphatic carbocycles. The maximum atomic E-state index is 10.9. The van der Waals surface area contributed by atoms with Crippen LogP contribution in [-0.4, -0.2) is 27.9 Å². The molecule has 0 fully saturated rings. The molecule has 0 aromatic heterocycles. The van der Waals surface area contributed by atoms with E-state index < -0.39 is 11.9 Å². The molecule has 0 aromatic carbocycles. The molecule has 1 aliphatic rings. The number of hydrogen-bond acceptors (Lipinski definition) is 3. The minimum Gasteiger partial charge on any atom is -0.510 e. The zero-order valence-corrected chi connectivity index (χ0v) is 6.37. The van der Waals surface area contributed by atoms with Crippen molar-refractivity contribution in [2.45, 2.75) is 19.9 Å². The maximum Gasteiger partial charge on any atom is 0.257 e. The second kappa shape index (κ2) is 2.38. The number of aliphatic hydroxyl groups excluding tert-OH is 1. The lowest BCUT2D eigenvalue weighted by Crippen LogP contribution is -2.37. The molecule has 4 heteroatoms. The lowest BCUT2D eigenvalue weighted by Gasteiger charge is -2.17. The third-order valence-electron chi connectivity index (χ3n) is 1.66. The second-order valence-corrected chi connectivity index (χ2v) is 2.47. The zero-order valence-electron chi connectivity index (χ0n) is 6.37. The highest BCUT2D eigenvalue weighted by Crippen LogP contribution is 2.16. The van der Waals surface area contributed by atoms with Crippen molar-refractivity contribution in [3.8, 4) is 0 Å². The zero-order chi connectivity index (χ0) is 8.59. The van der Waals surface area contributed by atoms with Crippen molar-refractivity contribution in [2.24, 2.45) is 0 Å². The number of nitrogens with zero attached hydrogens (tertiary/aromatic N) is 1. The molecule has 1 rings (SSSR count). The van der Waals surface area contributed by atoms with E-state index in [0.717, 1.165) is 11.0 Å². The van der Waals surface area contributed by atoms with Crippen molar-refractivity contribution in [2.75, 3.05) is 0 Å². The summed E-state index contributed by atoms with van der Waals surface area (Å²) >= 11 is 0. The molecule has 2 amide bonds. The Bertz CT molecular complexity index is 244. The van der Waals surface area contributed by atoms with E-state index in [1.54, 1.807) is 6.92 Å². The number of carbonyl (C=O) groups is 2. The fourth-order valence-electron chi connectivity index (χ4n) is 1.07. The summed E-state index contributed by atoms with van der Waals surface area (Å²) in [5.74, 6) is -0.837. The van der Waals surface area contributed by atoms with Crippen LogP contribution in [0.3, 0.4) is 0 Å². The van der Waals surface area contributed by atoms with E-state index in [0.29, 0.717) is 0 Å². The Morgan fingerprint density at radius 2 is 2.27 bits per heavy atom. The van der Waals surface area contributed by atoms with Gasteiger partial charge in [0.05, 0.1) is 6.04 Å². The first-order chi connectivity index (χ1) is 5.04. The first-order valence-electron chi connectivity index (χ1n) is 3.28. The molecule has 0 radical (unpaired) electrons. The quantitative estimate of drug-likeness (QED) is 0.543. The van der Waals surface area contributed by atoms with Crippen LogP contribution in [0.15, 0.2) is 11.8 Å². The van der Waals surface area contributed by atoms with Crippen LogP contribution in [0.5, 0.6) is 0 Å². The van der Waals surface area contributed by atoms with Gasteiger partial charge in [-0.3, -0.25) is 14.5 Å². The Kier molecular flexibility index (Phi) is 1.68. The maximum absolute atomic E-state index is 10.9. The Morgan fingerprint density at radius 1 is 1.73 bits per heavy atom. The number of carbonyl (C=O) groups excluding carboxylic acids is 2. The van der Waals surface area contributed by atoms with Gasteiger partial charge in [-0.15, -0.1) is 0 Å². The van der Waals surface area contributed by atoms with E-state index in [1.807, 2.05) is 0 Å². The Labute approximate surface area is 64.1 Å². The van der Waals surface area contributed by atoms with Crippen LogP contribution in [0.1, 0.15) is 13.8 Å². The molecule has 0 bridgehead atoms. The summed E-state index contributed by atoms with van der Waals surface area (Å²) in [6, 6.07) is -0.500. The summed E-state index contributed by atoms with van der Waals surface area (Å²) in [5, 5.41) is 9.03. The van der Waals surface area contributed by atoms with Crippen LogP contribution in [0.4, 0.5) is 0 Å². The van der Waals surface area contributed by atoms with Gasteiger partial charge in [0.2, 0.25) is 5.91 Å². The van der Waals surface area contributed by atoms with Gasteiger partial charge in [0.15, 0.2) is 0 Å². The predicted molar refractivity (Wildman–Crippen MR) is 37.7 cm³/mol. The van der Waals surface area contributed by atoms with E-state index in [4.69, 9.17) is 5.11 Å². The fraction of sp³-hybridized carbons (Fsp3) is 0.429. The van der Waals surface area contributed by atoms with Crippen LogP contribution < -0.4 is 0 Å². The van der Waals surface area contributed by atoms with E-state index in [2.05, 4.69) is 0 Å². The molecule has 1 aliphatic heterocycles. The van der Waals surface area contributed by atoms with E-state index >= 15 is 0 Å². The van der Waals surface area contributed by atoms with Crippen molar-refractivity contribution in [1.29, 1.82) is 0 Å². The van der Waals surface area contributed by atoms with E-state index in [-0.39, 0.29) is 11.7 Å². The van der Waals surface area contributed by atoms with Gasteiger partial charge in [-0.25, -0.2) is 0 Å². The standard InChI is InChI=1S/C7H9NO3/c1-4-6(10)3-7(11)8(4)5(2)9/h3-4,10H,1-2H3. The molecular weight excluding hydrogens is 146 g/mol. The number of aliphatic hydroxyl groups is 1. The van der Waals surface area contributed by atoms with Crippen LogP contribution in [0.25, 0.3) is 0 Å². The van der Waals surface area contributed by atoms with Crippen molar-refractivity contribution >= 4 is 11.8 Å². The SMILES string of the molecule is CC(=O)N1C(=O)C=C(O)C1C. The van der Waals surface area contributed by atoms with Crippen LogP contribution in [0, 0.1) is 0 Å². The lowest BCUT2D eigenvalue weighted by molar-refractivity contribution is -0.141. The van der Waals surface area contributed by atoms with Crippen LogP contribution in [0.2, 0.25) is 0 Å². The highest BCUT2D eigenvalue weighted by molar-refractivity contribution is 6.03. The minimum atomic E-state index is -0.500. The van der Waals surface area contributed by atoms with Gasteiger partial charge in [0, 0.05) is 13.0 Å². The summed E-state index contributed by atoms with van der Waals surface area (Å²) < 4.78 is 0. The first-order valence-corrected chi connectivity index (χ1v) is 3.28. The number of hydrogen-bond donors (Lipinski definition) is 1. The topological polar surface area (TPSA) is 57.6 Å². The van der Waals surface area contributed by atoms with Crippen LogP contribution in [-0.2, 0) is 9.59 Å². The molecule has 1 N–H and O–H groups in total. The smallest absolute Gasteiger partial charge is 0.257 e. The number of amides is 2. The molecule has 1 unspecified atom stereocenters. The van der Waals surface area contributed by atoms with Gasteiger partial charge in [0.1, 0.15) is 5.76 Å². The normalized spacial score (nSPS) is 23.8. The van der Waals surface area contributed by atoms with Crippen LogP contribution >= 0.6 is 0 Å². The van der Waals surface area contributed by atoms with Gasteiger partial charge < -0.3 is 5.11 Å². The minimum absolute atomic E-state index is 0.0507. The van der Waals surface area contributed by atoms with Gasteiger partial charge in [-0.1, -0.05) is 0 Å². The summed E-state index contributed by atoms with van der Waals surface area (Å²) in [7, 11) is 0. The highest BCUT2D eigenvalue weighted by atomic mass is 16.3.